The molecule has 1 fully saturated rings. The Balaban J connectivity index is 2.11. The van der Waals surface area contributed by atoms with E-state index in [0.717, 1.165) is 6.41 Å². The standard InChI is InChI=1S/C11H13N3O3/c15-8-14(9-2-1-4-12-6-9)10-3-5-13(7-10)11(16)17/h1-2,4,6,8,10H,3,5,7H2,(H,16,17)/t10-/m0/s1. The highest BCUT2D eigenvalue weighted by Gasteiger charge is 2.30. The van der Waals surface area contributed by atoms with Gasteiger partial charge < -0.3 is 14.9 Å². The number of hydrogen-bond donors (Lipinski definition) is 1. The van der Waals surface area contributed by atoms with Gasteiger partial charge in [-0.2, -0.15) is 0 Å². The lowest BCUT2D eigenvalue weighted by atomic mass is 10.2. The molecule has 6 nitrogen and oxygen atoms in total. The first-order valence-corrected chi connectivity index (χ1v) is 5.34. The summed E-state index contributed by atoms with van der Waals surface area (Å²) in [5, 5.41) is 8.86. The molecule has 0 radical (unpaired) electrons. The third-order valence-corrected chi connectivity index (χ3v) is 2.88. The topological polar surface area (TPSA) is 73.7 Å². The number of carboxylic acid groups (broad SMARTS) is 1. The van der Waals surface area contributed by atoms with Crippen molar-refractivity contribution in [1.82, 2.24) is 9.88 Å². The van der Waals surface area contributed by atoms with Gasteiger partial charge >= 0.3 is 6.09 Å². The molecule has 17 heavy (non-hydrogen) atoms. The van der Waals surface area contributed by atoms with E-state index >= 15 is 0 Å². The first kappa shape index (κ1) is 11.4. The van der Waals surface area contributed by atoms with Crippen LogP contribution in [0.15, 0.2) is 24.5 Å². The fourth-order valence-electron chi connectivity index (χ4n) is 2.01. The number of pyridine rings is 1. The second kappa shape index (κ2) is 4.82. The number of hydrogen-bond acceptors (Lipinski definition) is 3. The van der Waals surface area contributed by atoms with Gasteiger partial charge in [0, 0.05) is 19.3 Å². The van der Waals surface area contributed by atoms with E-state index in [1.54, 1.807) is 24.5 Å². The normalized spacial score (nSPS) is 19.1. The number of aromatic nitrogens is 1. The van der Waals surface area contributed by atoms with Gasteiger partial charge in [-0.15, -0.1) is 0 Å². The number of rotatable bonds is 3. The number of anilines is 1. The summed E-state index contributed by atoms with van der Waals surface area (Å²) < 4.78 is 0. The quantitative estimate of drug-likeness (QED) is 0.786. The summed E-state index contributed by atoms with van der Waals surface area (Å²) in [6.45, 7) is 0.813. The first-order valence-electron chi connectivity index (χ1n) is 5.34. The first-order chi connectivity index (χ1) is 8.22. The maximum Gasteiger partial charge on any atom is 0.407 e. The van der Waals surface area contributed by atoms with Crippen LogP contribution in [0, 0.1) is 0 Å². The Morgan fingerprint density at radius 3 is 3.00 bits per heavy atom. The summed E-state index contributed by atoms with van der Waals surface area (Å²) in [7, 11) is 0. The molecule has 0 bridgehead atoms. The number of nitrogens with zero attached hydrogens (tertiary/aromatic N) is 3. The van der Waals surface area contributed by atoms with E-state index in [0.29, 0.717) is 25.2 Å². The second-order valence-electron chi connectivity index (χ2n) is 3.89. The minimum atomic E-state index is -0.940. The van der Waals surface area contributed by atoms with Crippen LogP contribution in [-0.2, 0) is 4.79 Å². The number of carbonyl (C=O) groups excluding carboxylic acids is 1. The van der Waals surface area contributed by atoms with Gasteiger partial charge in [0.15, 0.2) is 0 Å². The smallest absolute Gasteiger partial charge is 0.407 e. The molecule has 0 spiro atoms. The summed E-state index contributed by atoms with van der Waals surface area (Å²) >= 11 is 0. The fourth-order valence-corrected chi connectivity index (χ4v) is 2.01. The highest BCUT2D eigenvalue weighted by atomic mass is 16.4. The van der Waals surface area contributed by atoms with Crippen molar-refractivity contribution in [1.29, 1.82) is 0 Å². The number of likely N-dealkylation sites (tertiary alicyclic amines) is 1. The van der Waals surface area contributed by atoms with E-state index in [-0.39, 0.29) is 6.04 Å². The van der Waals surface area contributed by atoms with Gasteiger partial charge in [-0.25, -0.2) is 4.79 Å². The largest absolute Gasteiger partial charge is 0.465 e. The third-order valence-electron chi connectivity index (χ3n) is 2.88. The Labute approximate surface area is 98.5 Å². The van der Waals surface area contributed by atoms with Crippen LogP contribution in [-0.4, -0.2) is 46.6 Å². The molecule has 0 aromatic carbocycles. The highest BCUT2D eigenvalue weighted by molar-refractivity contribution is 5.76. The molecule has 0 aliphatic carbocycles. The minimum Gasteiger partial charge on any atom is -0.465 e. The average molecular weight is 235 g/mol. The van der Waals surface area contributed by atoms with Crippen LogP contribution in [0.1, 0.15) is 6.42 Å². The Bertz CT molecular complexity index is 410. The van der Waals surface area contributed by atoms with Crippen LogP contribution in [0.3, 0.4) is 0 Å². The van der Waals surface area contributed by atoms with Gasteiger partial charge in [0.1, 0.15) is 0 Å². The lowest BCUT2D eigenvalue weighted by molar-refractivity contribution is -0.107. The molecule has 1 N–H and O–H groups in total. The Hall–Kier alpha value is -2.11. The number of amides is 2. The molecule has 90 valence electrons. The molecule has 2 heterocycles. The van der Waals surface area contributed by atoms with Crippen LogP contribution in [0.5, 0.6) is 0 Å². The second-order valence-corrected chi connectivity index (χ2v) is 3.89. The predicted molar refractivity (Wildman–Crippen MR) is 60.8 cm³/mol. The molecule has 1 atom stereocenters. The summed E-state index contributed by atoms with van der Waals surface area (Å²) in [6, 6.07) is 3.42. The molecule has 0 saturated carbocycles. The minimum absolute atomic E-state index is 0.104. The van der Waals surface area contributed by atoms with Crippen molar-refractivity contribution in [3.05, 3.63) is 24.5 Å². The Kier molecular flexibility index (Phi) is 3.22. The lowest BCUT2D eigenvalue weighted by Crippen LogP contribution is -2.37. The lowest BCUT2D eigenvalue weighted by Gasteiger charge is -2.24. The SMILES string of the molecule is O=CN(c1cccnc1)[C@H]1CCN(C(=O)O)C1. The fraction of sp³-hybridized carbons (Fsp3) is 0.364. The Morgan fingerprint density at radius 1 is 1.65 bits per heavy atom. The van der Waals surface area contributed by atoms with Crippen LogP contribution in [0.25, 0.3) is 0 Å². The van der Waals surface area contributed by atoms with Gasteiger partial charge in [0.2, 0.25) is 6.41 Å². The van der Waals surface area contributed by atoms with Crippen LogP contribution in [0.2, 0.25) is 0 Å². The van der Waals surface area contributed by atoms with Crippen molar-refractivity contribution >= 4 is 18.2 Å². The number of carbonyl (C=O) groups is 2. The molecule has 0 unspecified atom stereocenters. The zero-order valence-corrected chi connectivity index (χ0v) is 9.19. The molecule has 1 aromatic rings. The van der Waals surface area contributed by atoms with E-state index in [1.165, 1.54) is 9.80 Å². The molecular formula is C11H13N3O3. The van der Waals surface area contributed by atoms with Crippen molar-refractivity contribution in [2.24, 2.45) is 0 Å². The summed E-state index contributed by atoms with van der Waals surface area (Å²) in [5.41, 5.74) is 0.694. The Morgan fingerprint density at radius 2 is 2.47 bits per heavy atom. The van der Waals surface area contributed by atoms with Crippen molar-refractivity contribution in [2.45, 2.75) is 12.5 Å². The third kappa shape index (κ3) is 2.35. The molecule has 1 aliphatic heterocycles. The zero-order valence-electron chi connectivity index (χ0n) is 9.19. The molecular weight excluding hydrogens is 222 g/mol. The van der Waals surface area contributed by atoms with E-state index < -0.39 is 6.09 Å². The summed E-state index contributed by atoms with van der Waals surface area (Å²) in [6.07, 6.45) is 3.67. The predicted octanol–water partition coefficient (Wildman–Crippen LogP) is 0.797. The van der Waals surface area contributed by atoms with Gasteiger partial charge in [-0.3, -0.25) is 9.78 Å². The van der Waals surface area contributed by atoms with Crippen LogP contribution >= 0.6 is 0 Å². The summed E-state index contributed by atoms with van der Waals surface area (Å²) in [5.74, 6) is 0. The molecule has 1 saturated heterocycles. The molecule has 6 heteroatoms. The molecule has 1 aliphatic rings. The van der Waals surface area contributed by atoms with Crippen LogP contribution in [0.4, 0.5) is 10.5 Å². The molecule has 2 rings (SSSR count). The van der Waals surface area contributed by atoms with Gasteiger partial charge in [-0.1, -0.05) is 0 Å². The maximum absolute atomic E-state index is 11.1. The average Bonchev–Trinajstić information content (AvgIpc) is 2.81. The van der Waals surface area contributed by atoms with Crippen molar-refractivity contribution < 1.29 is 14.7 Å². The van der Waals surface area contributed by atoms with Gasteiger partial charge in [0.25, 0.3) is 0 Å². The van der Waals surface area contributed by atoms with E-state index in [9.17, 15) is 9.59 Å². The van der Waals surface area contributed by atoms with E-state index in [1.807, 2.05) is 0 Å². The summed E-state index contributed by atoms with van der Waals surface area (Å²) in [4.78, 5) is 28.7. The maximum atomic E-state index is 11.1. The highest BCUT2D eigenvalue weighted by Crippen LogP contribution is 2.20. The van der Waals surface area contributed by atoms with Crippen molar-refractivity contribution in [2.75, 3.05) is 18.0 Å². The molecule has 2 amide bonds. The van der Waals surface area contributed by atoms with E-state index in [2.05, 4.69) is 4.98 Å². The zero-order chi connectivity index (χ0) is 12.3. The monoisotopic (exact) mass is 235 g/mol. The van der Waals surface area contributed by atoms with Gasteiger partial charge in [-0.05, 0) is 18.6 Å². The van der Waals surface area contributed by atoms with Crippen molar-refractivity contribution in [3.63, 3.8) is 0 Å². The van der Waals surface area contributed by atoms with E-state index in [4.69, 9.17) is 5.11 Å². The molecule has 1 aromatic heterocycles. The van der Waals surface area contributed by atoms with Crippen molar-refractivity contribution in [3.8, 4) is 0 Å². The van der Waals surface area contributed by atoms with Gasteiger partial charge in [0.05, 0.1) is 17.9 Å². The van der Waals surface area contributed by atoms with Crippen LogP contribution < -0.4 is 4.90 Å².